The van der Waals surface area contributed by atoms with Gasteiger partial charge in [-0.25, -0.2) is 4.98 Å². The number of rotatable bonds is 10. The molecule has 1 amide bonds. The van der Waals surface area contributed by atoms with E-state index < -0.39 is 11.7 Å². The van der Waals surface area contributed by atoms with E-state index >= 15 is 0 Å². The molecule has 0 spiro atoms. The van der Waals surface area contributed by atoms with Crippen LogP contribution < -0.4 is 20.1 Å². The van der Waals surface area contributed by atoms with Crippen molar-refractivity contribution < 1.29 is 27.4 Å². The molecule has 2 N–H and O–H groups in total. The number of halogens is 3. The molecule has 29 heavy (non-hydrogen) atoms. The van der Waals surface area contributed by atoms with E-state index in [-0.39, 0.29) is 5.91 Å². The van der Waals surface area contributed by atoms with Gasteiger partial charge in [0, 0.05) is 31.8 Å². The van der Waals surface area contributed by atoms with Crippen molar-refractivity contribution in [2.45, 2.75) is 25.4 Å². The summed E-state index contributed by atoms with van der Waals surface area (Å²) in [5.41, 5.74) is 0.148. The van der Waals surface area contributed by atoms with Gasteiger partial charge in [0.1, 0.15) is 17.3 Å². The predicted octanol–water partition coefficient (Wildman–Crippen LogP) is 3.67. The van der Waals surface area contributed by atoms with Crippen LogP contribution in [0.5, 0.6) is 11.5 Å². The summed E-state index contributed by atoms with van der Waals surface area (Å²) in [5.74, 6) is 1.61. The maximum atomic E-state index is 12.5. The van der Waals surface area contributed by atoms with Crippen molar-refractivity contribution in [1.29, 1.82) is 0 Å². The van der Waals surface area contributed by atoms with Gasteiger partial charge in [-0.05, 0) is 42.7 Å². The number of benzene rings is 1. The molecule has 1 aromatic heterocycles. The molecule has 2 aromatic rings. The normalized spacial score (nSPS) is 11.1. The zero-order chi connectivity index (χ0) is 21.3. The Morgan fingerprint density at radius 2 is 1.76 bits per heavy atom. The predicted molar refractivity (Wildman–Crippen MR) is 103 cm³/mol. The second-order valence-corrected chi connectivity index (χ2v) is 6.28. The first kappa shape index (κ1) is 22.3. The summed E-state index contributed by atoms with van der Waals surface area (Å²) in [6.07, 6.45) is -2.12. The summed E-state index contributed by atoms with van der Waals surface area (Å²) in [7, 11) is 3.14. The number of anilines is 1. The minimum absolute atomic E-state index is 0.0839. The van der Waals surface area contributed by atoms with Crippen molar-refractivity contribution in [3.63, 3.8) is 0 Å². The number of carbonyl (C=O) groups is 1. The first-order chi connectivity index (χ1) is 13.8. The quantitative estimate of drug-likeness (QED) is 0.584. The number of nitrogens with zero attached hydrogens (tertiary/aromatic N) is 1. The molecule has 9 heteroatoms. The van der Waals surface area contributed by atoms with E-state index in [1.165, 1.54) is 6.07 Å². The fourth-order valence-corrected chi connectivity index (χ4v) is 2.56. The van der Waals surface area contributed by atoms with Crippen molar-refractivity contribution in [2.75, 3.05) is 32.6 Å². The third-order valence-corrected chi connectivity index (χ3v) is 4.12. The van der Waals surface area contributed by atoms with Crippen LogP contribution in [0.1, 0.15) is 24.0 Å². The Balaban J connectivity index is 1.66. The third-order valence-electron chi connectivity index (χ3n) is 4.12. The van der Waals surface area contributed by atoms with Crippen LogP contribution >= 0.6 is 0 Å². The minimum Gasteiger partial charge on any atom is -0.497 e. The highest BCUT2D eigenvalue weighted by atomic mass is 19.4. The van der Waals surface area contributed by atoms with E-state index in [1.54, 1.807) is 20.3 Å². The van der Waals surface area contributed by atoms with E-state index in [9.17, 15) is 18.0 Å². The Labute approximate surface area is 167 Å². The zero-order valence-corrected chi connectivity index (χ0v) is 16.3. The van der Waals surface area contributed by atoms with Gasteiger partial charge >= 0.3 is 6.18 Å². The molecule has 1 heterocycles. The second kappa shape index (κ2) is 10.5. The summed E-state index contributed by atoms with van der Waals surface area (Å²) < 4.78 is 47.9. The van der Waals surface area contributed by atoms with Gasteiger partial charge < -0.3 is 20.1 Å². The van der Waals surface area contributed by atoms with E-state index in [0.717, 1.165) is 17.8 Å². The van der Waals surface area contributed by atoms with Gasteiger partial charge in [-0.15, -0.1) is 0 Å². The van der Waals surface area contributed by atoms with Gasteiger partial charge in [-0.2, -0.15) is 13.2 Å². The first-order valence-corrected chi connectivity index (χ1v) is 9.07. The molecule has 0 fully saturated rings. The smallest absolute Gasteiger partial charge is 0.417 e. The molecule has 158 valence electrons. The highest BCUT2D eigenvalue weighted by Gasteiger charge is 2.30. The van der Waals surface area contributed by atoms with Gasteiger partial charge in [-0.1, -0.05) is 0 Å². The van der Waals surface area contributed by atoms with Gasteiger partial charge in [-0.3, -0.25) is 4.79 Å². The number of amides is 1. The molecular formula is C20H24F3N3O3. The minimum atomic E-state index is -4.40. The van der Waals surface area contributed by atoms with Crippen LogP contribution in [0.4, 0.5) is 19.0 Å². The maximum Gasteiger partial charge on any atom is 0.417 e. The molecule has 0 aliphatic rings. The number of pyridine rings is 1. The third kappa shape index (κ3) is 7.52. The van der Waals surface area contributed by atoms with E-state index in [1.807, 2.05) is 12.1 Å². The average molecular weight is 411 g/mol. The van der Waals surface area contributed by atoms with Crippen LogP contribution in [-0.2, 0) is 17.4 Å². The lowest BCUT2D eigenvalue weighted by Gasteiger charge is -2.10. The first-order valence-electron chi connectivity index (χ1n) is 9.07. The molecule has 1 aromatic carbocycles. The van der Waals surface area contributed by atoms with Crippen LogP contribution in [-0.4, -0.2) is 38.2 Å². The number of ether oxygens (including phenoxy) is 2. The molecule has 2 rings (SSSR count). The van der Waals surface area contributed by atoms with Crippen LogP contribution in [0, 0.1) is 0 Å². The summed E-state index contributed by atoms with van der Waals surface area (Å²) in [6.45, 7) is 0.930. The Morgan fingerprint density at radius 3 is 2.31 bits per heavy atom. The maximum absolute atomic E-state index is 12.5. The SMILES string of the molecule is COc1cc(CCC(=O)NCCCNc2ccc(C(F)(F)F)cn2)cc(OC)c1. The topological polar surface area (TPSA) is 72.5 Å². The van der Waals surface area contributed by atoms with Crippen molar-refractivity contribution >= 4 is 11.7 Å². The Morgan fingerprint density at radius 1 is 1.07 bits per heavy atom. The Kier molecular flexibility index (Phi) is 8.11. The zero-order valence-electron chi connectivity index (χ0n) is 16.3. The number of nitrogens with one attached hydrogen (secondary N) is 2. The lowest BCUT2D eigenvalue weighted by atomic mass is 10.1. The Bertz CT molecular complexity index is 774. The highest BCUT2D eigenvalue weighted by Crippen LogP contribution is 2.28. The number of alkyl halides is 3. The molecular weight excluding hydrogens is 387 g/mol. The summed E-state index contributed by atoms with van der Waals surface area (Å²) in [5, 5.41) is 5.74. The lowest BCUT2D eigenvalue weighted by Crippen LogP contribution is -2.26. The van der Waals surface area contributed by atoms with Crippen LogP contribution in [0.25, 0.3) is 0 Å². The number of hydrogen-bond donors (Lipinski definition) is 2. The highest BCUT2D eigenvalue weighted by molar-refractivity contribution is 5.76. The van der Waals surface area contributed by atoms with Crippen LogP contribution in [0.15, 0.2) is 36.5 Å². The van der Waals surface area contributed by atoms with Crippen molar-refractivity contribution in [3.8, 4) is 11.5 Å². The number of aryl methyl sites for hydroxylation is 1. The largest absolute Gasteiger partial charge is 0.497 e. The van der Waals surface area contributed by atoms with Gasteiger partial charge in [0.25, 0.3) is 0 Å². The lowest BCUT2D eigenvalue weighted by molar-refractivity contribution is -0.137. The summed E-state index contributed by atoms with van der Waals surface area (Å²) in [4.78, 5) is 15.7. The van der Waals surface area contributed by atoms with Gasteiger partial charge in [0.15, 0.2) is 0 Å². The van der Waals surface area contributed by atoms with Crippen molar-refractivity contribution in [1.82, 2.24) is 10.3 Å². The molecule has 0 aliphatic heterocycles. The summed E-state index contributed by atoms with van der Waals surface area (Å²) >= 11 is 0. The van der Waals surface area contributed by atoms with Crippen LogP contribution in [0.2, 0.25) is 0 Å². The number of aromatic nitrogens is 1. The second-order valence-electron chi connectivity index (χ2n) is 6.28. The van der Waals surface area contributed by atoms with Gasteiger partial charge in [0.2, 0.25) is 5.91 Å². The molecule has 0 unspecified atom stereocenters. The van der Waals surface area contributed by atoms with Crippen molar-refractivity contribution in [3.05, 3.63) is 47.7 Å². The number of hydrogen-bond acceptors (Lipinski definition) is 5. The molecule has 6 nitrogen and oxygen atoms in total. The average Bonchev–Trinajstić information content (AvgIpc) is 2.71. The van der Waals surface area contributed by atoms with Gasteiger partial charge in [0.05, 0.1) is 19.8 Å². The summed E-state index contributed by atoms with van der Waals surface area (Å²) in [6, 6.07) is 7.74. The Hall–Kier alpha value is -2.97. The number of methoxy groups -OCH3 is 2. The molecule has 0 saturated carbocycles. The fraction of sp³-hybridized carbons (Fsp3) is 0.400. The van der Waals surface area contributed by atoms with E-state index in [4.69, 9.17) is 9.47 Å². The van der Waals surface area contributed by atoms with E-state index in [0.29, 0.717) is 49.7 Å². The molecule has 0 radical (unpaired) electrons. The molecule has 0 atom stereocenters. The molecule has 0 aliphatic carbocycles. The van der Waals surface area contributed by atoms with Crippen molar-refractivity contribution in [2.24, 2.45) is 0 Å². The molecule has 0 bridgehead atoms. The fourth-order valence-electron chi connectivity index (χ4n) is 2.56. The standard InChI is InChI=1S/C20H24F3N3O3/c1-28-16-10-14(11-17(12-16)29-2)4-7-19(27)25-9-3-8-24-18-6-5-15(13-26-18)20(21,22)23/h5-6,10-13H,3-4,7-9H2,1-2H3,(H,24,26)(H,25,27). The monoisotopic (exact) mass is 411 g/mol. The van der Waals surface area contributed by atoms with Crippen LogP contribution in [0.3, 0.4) is 0 Å². The number of carbonyl (C=O) groups excluding carboxylic acids is 1. The van der Waals surface area contributed by atoms with E-state index in [2.05, 4.69) is 15.6 Å². The molecule has 0 saturated heterocycles.